The Hall–Kier alpha value is -1.75. The van der Waals surface area contributed by atoms with Crippen molar-refractivity contribution in [2.24, 2.45) is 5.41 Å². The molecule has 0 spiro atoms. The molecule has 1 rings (SSSR count). The third-order valence-electron chi connectivity index (χ3n) is 3.17. The van der Waals surface area contributed by atoms with Crippen molar-refractivity contribution < 1.29 is 9.90 Å². The topological polar surface area (TPSA) is 55.8 Å². The van der Waals surface area contributed by atoms with E-state index in [0.717, 1.165) is 11.4 Å². The Balaban J connectivity index is 2.86. The van der Waals surface area contributed by atoms with Gasteiger partial charge in [0, 0.05) is 33.8 Å². The van der Waals surface area contributed by atoms with Gasteiger partial charge in [-0.25, -0.2) is 4.79 Å². The highest BCUT2D eigenvalue weighted by Crippen LogP contribution is 2.24. The summed E-state index contributed by atoms with van der Waals surface area (Å²) in [7, 11) is 3.90. The molecular formula is C17H29N3O2. The molecule has 5 heteroatoms. The number of rotatable bonds is 6. The van der Waals surface area contributed by atoms with E-state index in [2.05, 4.69) is 26.1 Å². The van der Waals surface area contributed by atoms with Crippen LogP contribution in [0.5, 0.6) is 0 Å². The van der Waals surface area contributed by atoms with Crippen molar-refractivity contribution in [2.75, 3.05) is 44.0 Å². The van der Waals surface area contributed by atoms with Gasteiger partial charge in [-0.2, -0.15) is 0 Å². The van der Waals surface area contributed by atoms with Gasteiger partial charge in [0.2, 0.25) is 0 Å². The number of carbonyl (C=O) groups is 1. The number of nitrogens with zero attached hydrogens (tertiary/aromatic N) is 2. The van der Waals surface area contributed by atoms with Crippen LogP contribution in [-0.4, -0.2) is 49.8 Å². The Morgan fingerprint density at radius 2 is 1.86 bits per heavy atom. The van der Waals surface area contributed by atoms with Gasteiger partial charge in [0.25, 0.3) is 0 Å². The second-order valence-corrected chi connectivity index (χ2v) is 6.90. The van der Waals surface area contributed by atoms with Gasteiger partial charge in [-0.15, -0.1) is 0 Å². The summed E-state index contributed by atoms with van der Waals surface area (Å²) in [4.78, 5) is 16.3. The largest absolute Gasteiger partial charge is 0.396 e. The van der Waals surface area contributed by atoms with E-state index in [1.165, 1.54) is 0 Å². The van der Waals surface area contributed by atoms with Gasteiger partial charge in [-0.1, -0.05) is 32.9 Å². The number of urea groups is 1. The molecule has 124 valence electrons. The smallest absolute Gasteiger partial charge is 0.321 e. The molecule has 0 bridgehead atoms. The zero-order valence-electron chi connectivity index (χ0n) is 14.4. The van der Waals surface area contributed by atoms with E-state index >= 15 is 0 Å². The summed E-state index contributed by atoms with van der Waals surface area (Å²) >= 11 is 0. The predicted octanol–water partition coefficient (Wildman–Crippen LogP) is 3.02. The maximum absolute atomic E-state index is 12.6. The number of amides is 2. The van der Waals surface area contributed by atoms with Crippen molar-refractivity contribution >= 4 is 17.4 Å². The van der Waals surface area contributed by atoms with Crippen molar-refractivity contribution in [1.29, 1.82) is 0 Å². The number of hydrogen-bond donors (Lipinski definition) is 2. The zero-order valence-corrected chi connectivity index (χ0v) is 14.4. The van der Waals surface area contributed by atoms with E-state index in [-0.39, 0.29) is 18.1 Å². The molecule has 0 aromatic heterocycles. The van der Waals surface area contributed by atoms with Crippen molar-refractivity contribution in [1.82, 2.24) is 4.90 Å². The summed E-state index contributed by atoms with van der Waals surface area (Å²) in [5.41, 5.74) is 1.77. The third kappa shape index (κ3) is 5.93. The molecule has 2 N–H and O–H groups in total. The average molecular weight is 307 g/mol. The summed E-state index contributed by atoms with van der Waals surface area (Å²) in [5, 5.41) is 12.0. The predicted molar refractivity (Wildman–Crippen MR) is 92.5 cm³/mol. The standard InChI is InChI=1S/C17H29N3O2/c1-17(2,3)13-20(11-8-12-21)16(22)18-14-9-6-7-10-15(14)19(4)5/h6-7,9-10,21H,8,11-13H2,1-5H3,(H,18,22). The van der Waals surface area contributed by atoms with Crippen LogP contribution in [0.3, 0.4) is 0 Å². The average Bonchev–Trinajstić information content (AvgIpc) is 2.42. The van der Waals surface area contributed by atoms with Crippen molar-refractivity contribution in [3.63, 3.8) is 0 Å². The molecule has 2 amide bonds. The number of para-hydroxylation sites is 2. The molecule has 0 aliphatic rings. The molecule has 0 fully saturated rings. The number of anilines is 2. The second kappa shape index (κ2) is 8.03. The molecule has 0 radical (unpaired) electrons. The van der Waals surface area contributed by atoms with Crippen LogP contribution in [0.25, 0.3) is 0 Å². The van der Waals surface area contributed by atoms with Gasteiger partial charge in [-0.05, 0) is 24.0 Å². The zero-order chi connectivity index (χ0) is 16.8. The van der Waals surface area contributed by atoms with E-state index in [0.29, 0.717) is 19.5 Å². The minimum Gasteiger partial charge on any atom is -0.396 e. The number of aliphatic hydroxyl groups excluding tert-OH is 1. The fourth-order valence-electron chi connectivity index (χ4n) is 2.25. The number of benzene rings is 1. The molecule has 0 unspecified atom stereocenters. The minimum atomic E-state index is -0.127. The van der Waals surface area contributed by atoms with Gasteiger partial charge >= 0.3 is 6.03 Å². The summed E-state index contributed by atoms with van der Waals surface area (Å²) in [6.07, 6.45) is 0.582. The summed E-state index contributed by atoms with van der Waals surface area (Å²) in [5.74, 6) is 0. The first-order valence-corrected chi connectivity index (χ1v) is 7.68. The Morgan fingerprint density at radius 1 is 1.23 bits per heavy atom. The van der Waals surface area contributed by atoms with Gasteiger partial charge in [0.1, 0.15) is 0 Å². The molecule has 0 aliphatic carbocycles. The highest BCUT2D eigenvalue weighted by Gasteiger charge is 2.21. The van der Waals surface area contributed by atoms with E-state index in [4.69, 9.17) is 5.11 Å². The SMILES string of the molecule is CN(C)c1ccccc1NC(=O)N(CCCO)CC(C)(C)C. The molecule has 22 heavy (non-hydrogen) atoms. The Labute approximate surface area is 133 Å². The first kappa shape index (κ1) is 18.3. The van der Waals surface area contributed by atoms with Crippen LogP contribution >= 0.6 is 0 Å². The van der Waals surface area contributed by atoms with Gasteiger partial charge in [0.05, 0.1) is 11.4 Å². The fourth-order valence-corrected chi connectivity index (χ4v) is 2.25. The van der Waals surface area contributed by atoms with Crippen LogP contribution in [0.1, 0.15) is 27.2 Å². The highest BCUT2D eigenvalue weighted by atomic mass is 16.3. The maximum Gasteiger partial charge on any atom is 0.321 e. The lowest BCUT2D eigenvalue weighted by Crippen LogP contribution is -2.41. The molecule has 0 saturated carbocycles. The molecular weight excluding hydrogens is 278 g/mol. The van der Waals surface area contributed by atoms with Crippen LogP contribution in [0, 0.1) is 5.41 Å². The first-order chi connectivity index (χ1) is 10.2. The number of aliphatic hydroxyl groups is 1. The van der Waals surface area contributed by atoms with Crippen molar-refractivity contribution in [3.05, 3.63) is 24.3 Å². The van der Waals surface area contributed by atoms with Crippen LogP contribution in [0.15, 0.2) is 24.3 Å². The normalized spacial score (nSPS) is 11.2. The molecule has 1 aromatic rings. The van der Waals surface area contributed by atoms with Gasteiger partial charge < -0.3 is 20.2 Å². The lowest BCUT2D eigenvalue weighted by molar-refractivity contribution is 0.176. The lowest BCUT2D eigenvalue weighted by atomic mass is 9.96. The molecule has 0 heterocycles. The molecule has 5 nitrogen and oxygen atoms in total. The number of carbonyl (C=O) groups excluding carboxylic acids is 1. The highest BCUT2D eigenvalue weighted by molar-refractivity contribution is 5.93. The van der Waals surface area contributed by atoms with Crippen molar-refractivity contribution in [3.8, 4) is 0 Å². The number of hydrogen-bond acceptors (Lipinski definition) is 3. The Kier molecular flexibility index (Phi) is 6.68. The number of nitrogens with one attached hydrogen (secondary N) is 1. The van der Waals surface area contributed by atoms with Gasteiger partial charge in [-0.3, -0.25) is 0 Å². The van der Waals surface area contributed by atoms with Gasteiger partial charge in [0.15, 0.2) is 0 Å². The van der Waals surface area contributed by atoms with Crippen LogP contribution in [0.4, 0.5) is 16.2 Å². The monoisotopic (exact) mass is 307 g/mol. The quantitative estimate of drug-likeness (QED) is 0.849. The van der Waals surface area contributed by atoms with Crippen LogP contribution in [-0.2, 0) is 0 Å². The van der Waals surface area contributed by atoms with E-state index in [1.807, 2.05) is 43.3 Å². The van der Waals surface area contributed by atoms with E-state index in [1.54, 1.807) is 4.90 Å². The first-order valence-electron chi connectivity index (χ1n) is 7.68. The molecule has 0 atom stereocenters. The van der Waals surface area contributed by atoms with E-state index in [9.17, 15) is 4.79 Å². The third-order valence-corrected chi connectivity index (χ3v) is 3.17. The molecule has 0 aliphatic heterocycles. The fraction of sp³-hybridized carbons (Fsp3) is 0.588. The van der Waals surface area contributed by atoms with Crippen LogP contribution in [0.2, 0.25) is 0 Å². The summed E-state index contributed by atoms with van der Waals surface area (Å²) in [6.45, 7) is 7.56. The molecule has 0 saturated heterocycles. The maximum atomic E-state index is 12.6. The van der Waals surface area contributed by atoms with E-state index < -0.39 is 0 Å². The second-order valence-electron chi connectivity index (χ2n) is 6.90. The Bertz CT molecular complexity index is 481. The van der Waals surface area contributed by atoms with Crippen LogP contribution < -0.4 is 10.2 Å². The minimum absolute atomic E-state index is 0.00780. The molecule has 1 aromatic carbocycles. The summed E-state index contributed by atoms with van der Waals surface area (Å²) < 4.78 is 0. The Morgan fingerprint density at radius 3 is 2.41 bits per heavy atom. The summed E-state index contributed by atoms with van der Waals surface area (Å²) in [6, 6.07) is 7.60. The van der Waals surface area contributed by atoms with Crippen molar-refractivity contribution in [2.45, 2.75) is 27.2 Å². The lowest BCUT2D eigenvalue weighted by Gasteiger charge is -2.30.